The number of hydrogen-bond donors (Lipinski definition) is 0. The summed E-state index contributed by atoms with van der Waals surface area (Å²) >= 11 is 0. The Kier molecular flexibility index (Phi) is 8.27. The van der Waals surface area contributed by atoms with Crippen LogP contribution < -0.4 is 10.4 Å². The van der Waals surface area contributed by atoms with E-state index in [-0.39, 0.29) is 17.1 Å². The number of non-ortho nitro benzene ring substituents is 1. The molecule has 3 aromatic rings. The van der Waals surface area contributed by atoms with Gasteiger partial charge < -0.3 is 14.2 Å². The quantitative estimate of drug-likeness (QED) is 0.128. The summed E-state index contributed by atoms with van der Waals surface area (Å²) in [6.45, 7) is 6.70. The van der Waals surface area contributed by atoms with Crippen molar-refractivity contribution in [2.75, 3.05) is 14.2 Å². The lowest BCUT2D eigenvalue weighted by Crippen LogP contribution is -2.65. The molecule has 0 aromatic heterocycles. The van der Waals surface area contributed by atoms with Gasteiger partial charge in [0.05, 0.1) is 25.2 Å². The minimum absolute atomic E-state index is 0.0541. The molecule has 0 radical (unpaired) electrons. The number of rotatable bonds is 8. The second-order valence-electron chi connectivity index (χ2n) is 11.2. The van der Waals surface area contributed by atoms with E-state index in [0.717, 1.165) is 0 Å². The highest BCUT2D eigenvalue weighted by Gasteiger charge is 2.63. The fourth-order valence-electron chi connectivity index (χ4n) is 6.27. The van der Waals surface area contributed by atoms with Crippen LogP contribution in [0.2, 0.25) is 11.1 Å². The van der Waals surface area contributed by atoms with Crippen LogP contribution in [0.1, 0.15) is 38.9 Å². The lowest BCUT2D eigenvalue weighted by molar-refractivity contribution is -0.384. The van der Waals surface area contributed by atoms with E-state index in [1.807, 2.05) is 36.4 Å². The highest BCUT2D eigenvalue weighted by atomic mass is 28.3. The van der Waals surface area contributed by atoms with Crippen LogP contribution in [-0.4, -0.2) is 45.3 Å². The molecule has 9 heteroatoms. The number of esters is 2. The summed E-state index contributed by atoms with van der Waals surface area (Å²) in [6, 6.07) is 27.1. The Balaban J connectivity index is 1.88. The number of nitro groups is 1. The van der Waals surface area contributed by atoms with Crippen molar-refractivity contribution in [3.8, 4) is 0 Å². The van der Waals surface area contributed by atoms with E-state index in [1.165, 1.54) is 48.9 Å². The summed E-state index contributed by atoms with van der Waals surface area (Å²) in [5.41, 5.74) is -1.41. The second kappa shape index (κ2) is 11.3. The molecule has 1 heterocycles. The highest BCUT2D eigenvalue weighted by Crippen LogP contribution is 2.53. The van der Waals surface area contributed by atoms with Crippen LogP contribution in [0.15, 0.2) is 84.9 Å². The average molecular weight is 562 g/mol. The monoisotopic (exact) mass is 561 g/mol. The molecule has 3 aromatic carbocycles. The summed E-state index contributed by atoms with van der Waals surface area (Å²) in [5, 5.41) is 13.5. The molecule has 210 valence electrons. The predicted molar refractivity (Wildman–Crippen MR) is 154 cm³/mol. The molecule has 4 rings (SSSR count). The molecule has 2 unspecified atom stereocenters. The van der Waals surface area contributed by atoms with Gasteiger partial charge in [-0.2, -0.15) is 0 Å². The van der Waals surface area contributed by atoms with Crippen molar-refractivity contribution in [1.82, 2.24) is 0 Å². The first kappa shape index (κ1) is 29.2. The zero-order valence-electron chi connectivity index (χ0n) is 23.5. The van der Waals surface area contributed by atoms with Crippen molar-refractivity contribution >= 4 is 36.1 Å². The number of methoxy groups -OCH3 is 2. The summed E-state index contributed by atoms with van der Waals surface area (Å²) < 4.78 is 17.0. The lowest BCUT2D eigenvalue weighted by atomic mass is 9.77. The van der Waals surface area contributed by atoms with Gasteiger partial charge in [0.25, 0.3) is 5.69 Å². The van der Waals surface area contributed by atoms with Crippen LogP contribution in [0.5, 0.6) is 0 Å². The predicted octanol–water partition coefficient (Wildman–Crippen LogP) is 4.82. The molecule has 0 aliphatic carbocycles. The molecule has 0 N–H and O–H groups in total. The molecule has 0 bridgehead atoms. The molecule has 8 nitrogen and oxygen atoms in total. The molecule has 1 aliphatic rings. The molecule has 40 heavy (non-hydrogen) atoms. The van der Waals surface area contributed by atoms with E-state index in [4.69, 9.17) is 14.2 Å². The second-order valence-corrected chi connectivity index (χ2v) is 16.1. The molecule has 2 atom stereocenters. The van der Waals surface area contributed by atoms with Crippen LogP contribution in [0.3, 0.4) is 0 Å². The third-order valence-corrected chi connectivity index (χ3v) is 14.4. The largest absolute Gasteiger partial charge is 0.468 e. The number of ether oxygens (including phenoxy) is 3. The Labute approximate surface area is 235 Å². The van der Waals surface area contributed by atoms with Gasteiger partial charge in [0.1, 0.15) is 14.2 Å². The van der Waals surface area contributed by atoms with Crippen LogP contribution in [-0.2, 0) is 23.8 Å². The number of nitrogens with zero attached hydrogens (tertiary/aromatic N) is 1. The molecule has 1 aliphatic heterocycles. The standard InChI is InChI=1S/C31H35NO7Si/c1-30(2,3)40(25-12-8-6-9-13-25,26-14-10-7-11-15-26)21-24-20-31(28(33)37-4,29(34)38-5)27(39-24)22-16-18-23(19-17-22)32(35)36/h6-19,24,27H,20-21H2,1-5H3. The Morgan fingerprint density at radius 2 is 1.38 bits per heavy atom. The van der Waals surface area contributed by atoms with Crippen LogP contribution in [0.4, 0.5) is 5.69 Å². The Bertz CT molecular complexity index is 1300. The van der Waals surface area contributed by atoms with Crippen molar-refractivity contribution in [3.05, 3.63) is 101 Å². The molecule has 1 fully saturated rings. The van der Waals surface area contributed by atoms with Crippen molar-refractivity contribution in [2.24, 2.45) is 5.41 Å². The summed E-state index contributed by atoms with van der Waals surface area (Å²) in [7, 11) is -0.177. The SMILES string of the molecule is COC(=O)C1(C(=O)OC)CC(C[Si](c2ccccc2)(c2ccccc2)C(C)(C)C)OC1c1ccc([N+](=O)[O-])cc1. The first-order valence-corrected chi connectivity index (χ1v) is 15.4. The van der Waals surface area contributed by atoms with E-state index in [2.05, 4.69) is 45.0 Å². The Morgan fingerprint density at radius 1 is 0.900 bits per heavy atom. The van der Waals surface area contributed by atoms with Gasteiger partial charge in [-0.15, -0.1) is 0 Å². The van der Waals surface area contributed by atoms with E-state index in [0.29, 0.717) is 11.6 Å². The topological polar surface area (TPSA) is 105 Å². The number of carbonyl (C=O) groups excluding carboxylic acids is 2. The zero-order chi connectivity index (χ0) is 29.1. The number of nitro benzene ring substituents is 1. The average Bonchev–Trinajstić information content (AvgIpc) is 3.35. The van der Waals surface area contributed by atoms with Gasteiger partial charge in [0, 0.05) is 18.6 Å². The Hall–Kier alpha value is -3.82. The third kappa shape index (κ3) is 4.95. The molecule has 0 saturated carbocycles. The van der Waals surface area contributed by atoms with Crippen LogP contribution in [0.25, 0.3) is 0 Å². The minimum atomic E-state index is -2.64. The van der Waals surface area contributed by atoms with Gasteiger partial charge in [-0.1, -0.05) is 91.8 Å². The van der Waals surface area contributed by atoms with Crippen molar-refractivity contribution in [1.29, 1.82) is 0 Å². The van der Waals surface area contributed by atoms with Gasteiger partial charge >= 0.3 is 11.9 Å². The van der Waals surface area contributed by atoms with E-state index in [9.17, 15) is 19.7 Å². The van der Waals surface area contributed by atoms with Gasteiger partial charge in [-0.25, -0.2) is 0 Å². The van der Waals surface area contributed by atoms with E-state index < -0.39 is 42.6 Å². The summed E-state index contributed by atoms with van der Waals surface area (Å²) in [6.07, 6.45) is -1.50. The van der Waals surface area contributed by atoms with Crippen molar-refractivity contribution in [2.45, 2.75) is 50.5 Å². The fraction of sp³-hybridized carbons (Fsp3) is 0.355. The number of carbonyl (C=O) groups is 2. The summed E-state index contributed by atoms with van der Waals surface area (Å²) in [4.78, 5) is 37.7. The first-order chi connectivity index (χ1) is 19.0. The van der Waals surface area contributed by atoms with Crippen LogP contribution >= 0.6 is 0 Å². The molecule has 1 saturated heterocycles. The smallest absolute Gasteiger partial charge is 0.326 e. The zero-order valence-corrected chi connectivity index (χ0v) is 24.5. The molecule has 0 amide bonds. The maximum absolute atomic E-state index is 13.4. The highest BCUT2D eigenvalue weighted by molar-refractivity contribution is 7.04. The normalized spacial score (nSPS) is 18.6. The van der Waals surface area contributed by atoms with Gasteiger partial charge in [0.15, 0.2) is 5.41 Å². The van der Waals surface area contributed by atoms with Crippen molar-refractivity contribution < 1.29 is 28.7 Å². The Morgan fingerprint density at radius 3 is 1.77 bits per heavy atom. The van der Waals surface area contributed by atoms with Crippen LogP contribution in [0, 0.1) is 15.5 Å². The maximum atomic E-state index is 13.4. The van der Waals surface area contributed by atoms with Gasteiger partial charge in [-0.3, -0.25) is 19.7 Å². The number of hydrogen-bond acceptors (Lipinski definition) is 7. The maximum Gasteiger partial charge on any atom is 0.326 e. The number of benzene rings is 3. The van der Waals surface area contributed by atoms with E-state index >= 15 is 0 Å². The minimum Gasteiger partial charge on any atom is -0.468 e. The van der Waals surface area contributed by atoms with E-state index in [1.54, 1.807) is 0 Å². The molecular weight excluding hydrogens is 526 g/mol. The fourth-order valence-corrected chi connectivity index (χ4v) is 11.9. The van der Waals surface area contributed by atoms with Crippen molar-refractivity contribution in [3.63, 3.8) is 0 Å². The summed E-state index contributed by atoms with van der Waals surface area (Å²) in [5.74, 6) is -1.51. The van der Waals surface area contributed by atoms with Gasteiger partial charge in [0.2, 0.25) is 0 Å². The third-order valence-electron chi connectivity index (χ3n) is 8.18. The van der Waals surface area contributed by atoms with Gasteiger partial charge in [-0.05, 0) is 28.8 Å². The first-order valence-electron chi connectivity index (χ1n) is 13.2. The molecular formula is C31H35NO7Si. The lowest BCUT2D eigenvalue weighted by Gasteiger charge is -2.45. The molecule has 0 spiro atoms.